The highest BCUT2D eigenvalue weighted by Crippen LogP contribution is 2.17. The van der Waals surface area contributed by atoms with Gasteiger partial charge in [-0.05, 0) is 19.1 Å². The second-order valence-electron chi connectivity index (χ2n) is 5.71. The number of hydrogen-bond donors (Lipinski definition) is 2. The molecule has 3 rings (SSSR count). The van der Waals surface area contributed by atoms with Gasteiger partial charge in [0.05, 0.1) is 34.9 Å². The molecular weight excluding hydrogens is 382 g/mol. The second-order valence-corrected chi connectivity index (χ2v) is 7.82. The fourth-order valence-corrected chi connectivity index (χ4v) is 3.59. The van der Waals surface area contributed by atoms with Crippen LogP contribution in [0.3, 0.4) is 0 Å². The lowest BCUT2D eigenvalue weighted by molar-refractivity contribution is -0.122. The highest BCUT2D eigenvalue weighted by atomic mass is 32.2. The molecular formula is C18H19N5O2S2. The van der Waals surface area contributed by atoms with Crippen LogP contribution in [0.1, 0.15) is 10.7 Å². The number of aryl methyl sites for hydroxylation is 1. The summed E-state index contributed by atoms with van der Waals surface area (Å²) in [6.07, 6.45) is 3.17. The molecule has 2 N–H and O–H groups in total. The minimum absolute atomic E-state index is 0.0811. The lowest BCUT2D eigenvalue weighted by Crippen LogP contribution is -2.27. The highest BCUT2D eigenvalue weighted by Gasteiger charge is 2.08. The van der Waals surface area contributed by atoms with Gasteiger partial charge in [0.1, 0.15) is 6.54 Å². The molecule has 0 aliphatic carbocycles. The molecule has 0 radical (unpaired) electrons. The molecule has 0 aliphatic rings. The number of amides is 2. The summed E-state index contributed by atoms with van der Waals surface area (Å²) >= 11 is 3.01. The van der Waals surface area contributed by atoms with Gasteiger partial charge in [0.2, 0.25) is 11.8 Å². The Hall–Kier alpha value is -2.65. The number of carbonyl (C=O) groups excluding carboxylic acids is 2. The number of thioether (sulfide) groups is 1. The number of hydrogen-bond acceptors (Lipinski definition) is 6. The molecule has 0 spiro atoms. The Labute approximate surface area is 165 Å². The van der Waals surface area contributed by atoms with Gasteiger partial charge < -0.3 is 10.6 Å². The Balaban J connectivity index is 1.42. The summed E-state index contributed by atoms with van der Waals surface area (Å²) in [5.74, 6) is 0.0240. The molecule has 2 aromatic heterocycles. The SMILES string of the molecule is Cc1nc(CNC(=O)Cn2cc(NC(=O)CSc3ccccc3)cn2)cs1. The highest BCUT2D eigenvalue weighted by molar-refractivity contribution is 8.00. The zero-order chi connectivity index (χ0) is 19.1. The Morgan fingerprint density at radius 1 is 1.22 bits per heavy atom. The standard InChI is InChI=1S/C18H19N5O2S2/c1-13-21-15(11-26-13)7-19-17(24)10-23-9-14(8-20-23)22-18(25)12-27-16-5-3-2-4-6-16/h2-6,8-9,11H,7,10,12H2,1H3,(H,19,24)(H,22,25). The molecule has 0 atom stereocenters. The lowest BCUT2D eigenvalue weighted by Gasteiger charge is -2.04. The van der Waals surface area contributed by atoms with Crippen molar-refractivity contribution in [2.24, 2.45) is 0 Å². The molecule has 7 nitrogen and oxygen atoms in total. The van der Waals surface area contributed by atoms with Crippen molar-refractivity contribution in [3.8, 4) is 0 Å². The summed E-state index contributed by atoms with van der Waals surface area (Å²) in [4.78, 5) is 29.4. The summed E-state index contributed by atoms with van der Waals surface area (Å²) in [7, 11) is 0. The Kier molecular flexibility index (Phi) is 6.61. The first-order valence-corrected chi connectivity index (χ1v) is 10.1. The van der Waals surface area contributed by atoms with Gasteiger partial charge in [0, 0.05) is 16.5 Å². The van der Waals surface area contributed by atoms with Gasteiger partial charge in [-0.1, -0.05) is 18.2 Å². The number of thiazole rings is 1. The molecule has 0 unspecified atom stereocenters. The largest absolute Gasteiger partial charge is 0.349 e. The van der Waals surface area contributed by atoms with E-state index in [1.807, 2.05) is 42.6 Å². The van der Waals surface area contributed by atoms with Gasteiger partial charge >= 0.3 is 0 Å². The van der Waals surface area contributed by atoms with Crippen LogP contribution in [-0.4, -0.2) is 32.3 Å². The first-order valence-electron chi connectivity index (χ1n) is 8.26. The van der Waals surface area contributed by atoms with E-state index in [1.165, 1.54) is 22.6 Å². The molecule has 0 fully saturated rings. The molecule has 2 heterocycles. The number of anilines is 1. The molecule has 0 bridgehead atoms. The molecule has 140 valence electrons. The monoisotopic (exact) mass is 401 g/mol. The van der Waals surface area contributed by atoms with E-state index in [0.29, 0.717) is 18.0 Å². The summed E-state index contributed by atoms with van der Waals surface area (Å²) in [6.45, 7) is 2.40. The van der Waals surface area contributed by atoms with E-state index in [1.54, 1.807) is 17.5 Å². The summed E-state index contributed by atoms with van der Waals surface area (Å²) in [5, 5.41) is 12.6. The predicted octanol–water partition coefficient (Wildman–Crippen LogP) is 2.70. The van der Waals surface area contributed by atoms with E-state index in [2.05, 4.69) is 20.7 Å². The Morgan fingerprint density at radius 2 is 2.04 bits per heavy atom. The van der Waals surface area contributed by atoms with E-state index in [9.17, 15) is 9.59 Å². The number of benzene rings is 1. The fourth-order valence-electron chi connectivity index (χ4n) is 2.26. The van der Waals surface area contributed by atoms with Gasteiger partial charge in [-0.15, -0.1) is 23.1 Å². The Morgan fingerprint density at radius 3 is 2.78 bits per heavy atom. The third-order valence-electron chi connectivity index (χ3n) is 3.47. The molecule has 2 amide bonds. The van der Waals surface area contributed by atoms with Crippen LogP contribution in [0.25, 0.3) is 0 Å². The number of carbonyl (C=O) groups is 2. The van der Waals surface area contributed by atoms with E-state index in [-0.39, 0.29) is 18.4 Å². The number of nitrogens with zero attached hydrogens (tertiary/aromatic N) is 3. The average Bonchev–Trinajstić information content (AvgIpc) is 3.28. The van der Waals surface area contributed by atoms with E-state index < -0.39 is 0 Å². The van der Waals surface area contributed by atoms with Crippen LogP contribution < -0.4 is 10.6 Å². The smallest absolute Gasteiger partial charge is 0.242 e. The molecule has 27 heavy (non-hydrogen) atoms. The molecule has 3 aromatic rings. The van der Waals surface area contributed by atoms with Crippen LogP contribution in [0, 0.1) is 6.92 Å². The number of nitrogens with one attached hydrogen (secondary N) is 2. The minimum Gasteiger partial charge on any atom is -0.349 e. The van der Waals surface area contributed by atoms with Gasteiger partial charge in [-0.3, -0.25) is 14.3 Å². The Bertz CT molecular complexity index is 907. The third kappa shape index (κ3) is 6.22. The van der Waals surface area contributed by atoms with Crippen molar-refractivity contribution >= 4 is 40.6 Å². The van der Waals surface area contributed by atoms with E-state index >= 15 is 0 Å². The zero-order valence-electron chi connectivity index (χ0n) is 14.7. The first-order chi connectivity index (χ1) is 13.1. The topological polar surface area (TPSA) is 88.9 Å². The van der Waals surface area contributed by atoms with Crippen molar-refractivity contribution in [3.63, 3.8) is 0 Å². The average molecular weight is 402 g/mol. The predicted molar refractivity (Wildman–Crippen MR) is 107 cm³/mol. The van der Waals surface area contributed by atoms with Crippen molar-refractivity contribution in [1.82, 2.24) is 20.1 Å². The maximum atomic E-state index is 12.0. The van der Waals surface area contributed by atoms with Crippen LogP contribution in [0.5, 0.6) is 0 Å². The number of rotatable bonds is 8. The van der Waals surface area contributed by atoms with Gasteiger partial charge in [0.25, 0.3) is 0 Å². The first kappa shape index (κ1) is 19.1. The van der Waals surface area contributed by atoms with E-state index in [4.69, 9.17) is 0 Å². The summed E-state index contributed by atoms with van der Waals surface area (Å²) in [5.41, 5.74) is 1.41. The van der Waals surface area contributed by atoms with Crippen molar-refractivity contribution in [1.29, 1.82) is 0 Å². The third-order valence-corrected chi connectivity index (χ3v) is 5.30. The summed E-state index contributed by atoms with van der Waals surface area (Å²) in [6, 6.07) is 9.73. The molecule has 0 saturated heterocycles. The van der Waals surface area contributed by atoms with Crippen LogP contribution in [0.2, 0.25) is 0 Å². The van der Waals surface area contributed by atoms with E-state index in [0.717, 1.165) is 15.6 Å². The van der Waals surface area contributed by atoms with Crippen LogP contribution in [0.4, 0.5) is 5.69 Å². The van der Waals surface area contributed by atoms with Crippen LogP contribution >= 0.6 is 23.1 Å². The fraction of sp³-hybridized carbons (Fsp3) is 0.222. The quantitative estimate of drug-likeness (QED) is 0.567. The van der Waals surface area contributed by atoms with Crippen molar-refractivity contribution < 1.29 is 9.59 Å². The molecule has 0 saturated carbocycles. The van der Waals surface area contributed by atoms with Crippen molar-refractivity contribution in [2.75, 3.05) is 11.1 Å². The molecule has 0 aliphatic heterocycles. The normalized spacial score (nSPS) is 10.6. The summed E-state index contributed by atoms with van der Waals surface area (Å²) < 4.78 is 1.49. The van der Waals surface area contributed by atoms with Crippen LogP contribution in [-0.2, 0) is 22.7 Å². The van der Waals surface area contributed by atoms with Crippen molar-refractivity contribution in [3.05, 3.63) is 58.8 Å². The molecule has 1 aromatic carbocycles. The van der Waals surface area contributed by atoms with Gasteiger partial charge in [-0.25, -0.2) is 4.98 Å². The number of aromatic nitrogens is 3. The molecule has 9 heteroatoms. The van der Waals surface area contributed by atoms with Gasteiger partial charge in [0.15, 0.2) is 0 Å². The van der Waals surface area contributed by atoms with Crippen LogP contribution in [0.15, 0.2) is 53.0 Å². The van der Waals surface area contributed by atoms with Crippen molar-refractivity contribution in [2.45, 2.75) is 24.9 Å². The van der Waals surface area contributed by atoms with Gasteiger partial charge in [-0.2, -0.15) is 5.10 Å². The minimum atomic E-state index is -0.165. The second kappa shape index (κ2) is 9.33. The maximum absolute atomic E-state index is 12.0. The zero-order valence-corrected chi connectivity index (χ0v) is 16.3. The lowest BCUT2D eigenvalue weighted by atomic mass is 10.4. The maximum Gasteiger partial charge on any atom is 0.242 e.